The zero-order valence-corrected chi connectivity index (χ0v) is 45.6. The van der Waals surface area contributed by atoms with Gasteiger partial charge in [0.05, 0.1) is 34.2 Å². The van der Waals surface area contributed by atoms with Crippen molar-refractivity contribution in [1.29, 1.82) is 0 Å². The predicted molar refractivity (Wildman–Crippen MR) is 303 cm³/mol. The molecule has 0 saturated heterocycles. The molecule has 0 atom stereocenters. The summed E-state index contributed by atoms with van der Waals surface area (Å²) in [6, 6.07) is 65.6. The fourth-order valence-electron chi connectivity index (χ4n) is 10.1. The van der Waals surface area contributed by atoms with Crippen molar-refractivity contribution in [3.8, 4) is 73.2 Å². The maximum Gasteiger partial charge on any atom is 0.190 e. The molecule has 0 spiro atoms. The molecule has 0 amide bonds. The topological polar surface area (TPSA) is 60.2 Å². The molecule has 368 valence electrons. The molecule has 7 heteroatoms. The Morgan fingerprint density at radius 1 is 0.486 bits per heavy atom. The molecular formula is C67H58N5OPt-. The van der Waals surface area contributed by atoms with E-state index in [1.807, 2.05) is 12.3 Å². The van der Waals surface area contributed by atoms with Crippen molar-refractivity contribution in [1.82, 2.24) is 19.1 Å². The molecule has 0 saturated carbocycles. The monoisotopic (exact) mass is 1140 g/mol. The summed E-state index contributed by atoms with van der Waals surface area (Å²) < 4.78 is 4.56. The van der Waals surface area contributed by atoms with Gasteiger partial charge in [-0.2, -0.15) is 0 Å². The third kappa shape index (κ3) is 9.16. The van der Waals surface area contributed by atoms with Crippen molar-refractivity contribution in [2.75, 3.05) is 0 Å². The Kier molecular flexibility index (Phi) is 12.7. The van der Waals surface area contributed by atoms with E-state index >= 15 is 0 Å². The molecule has 0 aliphatic carbocycles. The standard InChI is InChI=1S/C67H58N5O.Pt/c1-65(2,3)48-33-46(54-23-17-25-60-63(54)70-64(57-29-27-51(68-10)41-62(57)73)72(60)53-39-49(66(4,5)6)38-50(40-53)67(7,8)9)32-47(34-48)58-36-45(30-31-69-58)44-26-28-56-55-22-14-15-24-59(55)71(61(56)37-44)52-21-16-20-43(35-52)42-18-12-11-13-19-42;/h11-31,33-41,73H,1-9H3;/q-1;. The third-order valence-corrected chi connectivity index (χ3v) is 14.2. The van der Waals surface area contributed by atoms with Crippen LogP contribution in [0.25, 0.3) is 105 Å². The van der Waals surface area contributed by atoms with Crippen molar-refractivity contribution in [3.63, 3.8) is 0 Å². The van der Waals surface area contributed by atoms with Gasteiger partial charge in [0.1, 0.15) is 11.6 Å². The van der Waals surface area contributed by atoms with Crippen LogP contribution in [0.1, 0.15) is 79.0 Å². The van der Waals surface area contributed by atoms with Crippen LogP contribution in [0.2, 0.25) is 0 Å². The second kappa shape index (κ2) is 18.9. The maximum atomic E-state index is 11.6. The zero-order valence-electron chi connectivity index (χ0n) is 43.3. The number of aromatic nitrogens is 4. The molecule has 0 bridgehead atoms. The van der Waals surface area contributed by atoms with Crippen LogP contribution in [0.3, 0.4) is 0 Å². The van der Waals surface area contributed by atoms with Gasteiger partial charge in [-0.25, -0.2) is 9.83 Å². The molecule has 0 aliphatic rings. The summed E-state index contributed by atoms with van der Waals surface area (Å²) in [5.41, 5.74) is 18.0. The molecule has 8 aromatic carbocycles. The van der Waals surface area contributed by atoms with E-state index in [2.05, 4.69) is 240 Å². The van der Waals surface area contributed by atoms with Gasteiger partial charge in [-0.3, -0.25) is 9.55 Å². The van der Waals surface area contributed by atoms with E-state index in [1.54, 1.807) is 6.07 Å². The summed E-state index contributed by atoms with van der Waals surface area (Å²) in [6.45, 7) is 27.8. The van der Waals surface area contributed by atoms with Gasteiger partial charge >= 0.3 is 0 Å². The molecule has 0 unspecified atom stereocenters. The maximum absolute atomic E-state index is 11.6. The van der Waals surface area contributed by atoms with E-state index in [1.165, 1.54) is 39.1 Å². The minimum absolute atomic E-state index is 0. The number of aromatic hydroxyl groups is 1. The fraction of sp³-hybridized carbons (Fsp3) is 0.179. The van der Waals surface area contributed by atoms with Crippen LogP contribution in [0.5, 0.6) is 5.75 Å². The predicted octanol–water partition coefficient (Wildman–Crippen LogP) is 17.8. The number of nitrogens with zero attached hydrogens (tertiary/aromatic N) is 5. The van der Waals surface area contributed by atoms with Gasteiger partial charge < -0.3 is 9.67 Å². The van der Waals surface area contributed by atoms with Crippen LogP contribution in [0.4, 0.5) is 5.69 Å². The summed E-state index contributed by atoms with van der Waals surface area (Å²) in [5.74, 6) is 0.589. The number of rotatable bonds is 7. The number of benzene rings is 8. The van der Waals surface area contributed by atoms with Crippen molar-refractivity contribution in [2.24, 2.45) is 0 Å². The van der Waals surface area contributed by atoms with E-state index in [0.29, 0.717) is 17.1 Å². The van der Waals surface area contributed by atoms with Crippen LogP contribution in [0, 0.1) is 12.6 Å². The second-order valence-corrected chi connectivity index (χ2v) is 22.4. The first-order valence-electron chi connectivity index (χ1n) is 25.1. The molecule has 0 radical (unpaired) electrons. The molecular weight excluding hydrogens is 1090 g/mol. The molecule has 74 heavy (non-hydrogen) atoms. The minimum atomic E-state index is -0.210. The van der Waals surface area contributed by atoms with Gasteiger partial charge in [0.15, 0.2) is 5.69 Å². The quantitative estimate of drug-likeness (QED) is 0.162. The van der Waals surface area contributed by atoms with Crippen molar-refractivity contribution in [2.45, 2.75) is 78.6 Å². The van der Waals surface area contributed by atoms with Crippen LogP contribution in [-0.2, 0) is 37.3 Å². The van der Waals surface area contributed by atoms with Crippen LogP contribution < -0.4 is 0 Å². The van der Waals surface area contributed by atoms with Gasteiger partial charge in [-0.1, -0.05) is 183 Å². The number of pyridine rings is 1. The van der Waals surface area contributed by atoms with Gasteiger partial charge in [0.2, 0.25) is 0 Å². The summed E-state index contributed by atoms with van der Waals surface area (Å²) in [5, 5.41) is 14.0. The fourth-order valence-corrected chi connectivity index (χ4v) is 10.1. The molecule has 11 rings (SSSR count). The number of imidazole rings is 1. The number of phenols is 1. The molecule has 0 fully saturated rings. The van der Waals surface area contributed by atoms with Crippen LogP contribution >= 0.6 is 0 Å². The Bertz CT molecular complexity index is 3970. The first-order chi connectivity index (χ1) is 34.9. The van der Waals surface area contributed by atoms with Crippen LogP contribution in [-0.4, -0.2) is 24.2 Å². The summed E-state index contributed by atoms with van der Waals surface area (Å²) in [4.78, 5) is 14.1. The largest absolute Gasteiger partial charge is 0.509 e. The van der Waals surface area contributed by atoms with E-state index in [4.69, 9.17) is 16.5 Å². The first-order valence-corrected chi connectivity index (χ1v) is 25.1. The molecule has 6 nitrogen and oxygen atoms in total. The first kappa shape index (κ1) is 49.7. The Labute approximate surface area is 449 Å². The van der Waals surface area contributed by atoms with Crippen molar-refractivity contribution in [3.05, 3.63) is 216 Å². The van der Waals surface area contributed by atoms with Gasteiger partial charge in [0.25, 0.3) is 0 Å². The number of hydrogen-bond donors (Lipinski definition) is 1. The summed E-state index contributed by atoms with van der Waals surface area (Å²) >= 11 is 0. The Morgan fingerprint density at radius 3 is 1.82 bits per heavy atom. The average molecular weight is 1140 g/mol. The summed E-state index contributed by atoms with van der Waals surface area (Å²) in [7, 11) is 0. The minimum Gasteiger partial charge on any atom is -0.509 e. The normalized spacial score (nSPS) is 12.1. The molecule has 0 aliphatic heterocycles. The SMILES string of the molecule is [C-]#[N+]c1ccc(-c2nc3c(-c4[c-]c(-c5cc(-c6ccc7c8ccccc8n(-c8cccc(-c9ccccc9)c8)c7c6)ccn5)cc(C(C)(C)C)c4)cccc3n2-c2cc(C(C)(C)C)cc(C(C)(C)C)c2)c(O)c1.[Pt]. The van der Waals surface area contributed by atoms with Gasteiger partial charge in [-0.15, -0.1) is 29.3 Å². The third-order valence-electron chi connectivity index (χ3n) is 14.2. The smallest absolute Gasteiger partial charge is 0.190 e. The molecule has 11 aromatic rings. The molecule has 3 aromatic heterocycles. The van der Waals surface area contributed by atoms with Gasteiger partial charge in [-0.05, 0) is 104 Å². The second-order valence-electron chi connectivity index (χ2n) is 22.4. The molecule has 3 heterocycles. The van der Waals surface area contributed by atoms with Crippen LogP contribution in [0.15, 0.2) is 182 Å². The molecule has 1 N–H and O–H groups in total. The summed E-state index contributed by atoms with van der Waals surface area (Å²) in [6.07, 6.45) is 1.91. The average Bonchev–Trinajstić information content (AvgIpc) is 3.95. The number of phenolic OH excluding ortho intramolecular Hbond substituents is 1. The van der Waals surface area contributed by atoms with E-state index in [-0.39, 0.29) is 43.1 Å². The number of fused-ring (bicyclic) bond motifs is 4. The number of hydrogen-bond acceptors (Lipinski definition) is 3. The number of para-hydroxylation sites is 2. The van der Waals surface area contributed by atoms with E-state index in [9.17, 15) is 5.11 Å². The van der Waals surface area contributed by atoms with Crippen molar-refractivity contribution < 1.29 is 26.2 Å². The van der Waals surface area contributed by atoms with Crippen molar-refractivity contribution >= 4 is 38.5 Å². The van der Waals surface area contributed by atoms with E-state index in [0.717, 1.165) is 72.5 Å². The Balaban J connectivity index is 0.00000626. The Morgan fingerprint density at radius 2 is 1.11 bits per heavy atom. The van der Waals surface area contributed by atoms with Gasteiger partial charge in [0, 0.05) is 55.1 Å². The zero-order chi connectivity index (χ0) is 51.0. The van der Waals surface area contributed by atoms with E-state index < -0.39 is 0 Å². The Hall–Kier alpha value is -7.84.